The van der Waals surface area contributed by atoms with E-state index in [-0.39, 0.29) is 23.2 Å². The number of Topliss-reactive ketones (excluding diaryl/α,β-unsaturated/α-hetero) is 1. The highest BCUT2D eigenvalue weighted by Crippen LogP contribution is 2.44. The Bertz CT molecular complexity index is 1260. The summed E-state index contributed by atoms with van der Waals surface area (Å²) in [6.07, 6.45) is 1.03. The Kier molecular flexibility index (Phi) is 7.58. The number of hydrogen-bond acceptors (Lipinski definition) is 4. The molecule has 0 aliphatic carbocycles. The molecule has 4 aromatic carbocycles. The fraction of sp³-hybridized carbons (Fsp3) is 0.107. The van der Waals surface area contributed by atoms with Crippen LogP contribution >= 0.6 is 7.82 Å². The Morgan fingerprint density at radius 2 is 1.18 bits per heavy atom. The van der Waals surface area contributed by atoms with Crippen molar-refractivity contribution in [1.29, 1.82) is 0 Å². The molecule has 0 fully saturated rings. The van der Waals surface area contributed by atoms with E-state index in [4.69, 9.17) is 9.05 Å². The van der Waals surface area contributed by atoms with Gasteiger partial charge in [-0.3, -0.25) is 9.69 Å². The van der Waals surface area contributed by atoms with Gasteiger partial charge in [0.05, 0.1) is 0 Å². The van der Waals surface area contributed by atoms with Crippen LogP contribution in [0.3, 0.4) is 0 Å². The number of phosphoric ester groups is 1. The molecule has 0 saturated heterocycles. The molecular weight excluding hydrogens is 447 g/mol. The molecule has 5 nitrogen and oxygen atoms in total. The maximum Gasteiger partial charge on any atom is 0.584 e. The molecule has 0 aromatic heterocycles. The molecule has 0 radical (unpaired) electrons. The predicted molar refractivity (Wildman–Crippen MR) is 132 cm³/mol. The molecule has 34 heavy (non-hydrogen) atoms. The predicted octanol–water partition coefficient (Wildman–Crippen LogP) is 6.53. The van der Waals surface area contributed by atoms with Crippen molar-refractivity contribution < 1.29 is 23.3 Å². The van der Waals surface area contributed by atoms with Gasteiger partial charge >= 0.3 is 7.82 Å². The maximum atomic E-state index is 13.3. The molecule has 0 saturated carbocycles. The standard InChI is InChI=1S/C28H25O5P/c29-28(24-14-6-2-7-15-24)25(19-22-11-4-1-5-12-22)20-23-13-10-18-27(21-23)33-34(30,31)32-26-16-8-3-9-17-26/h1-18,21,25H,19-20H2,(H,30,31). The highest BCUT2D eigenvalue weighted by atomic mass is 31.2. The van der Waals surface area contributed by atoms with Crippen molar-refractivity contribution in [1.82, 2.24) is 0 Å². The van der Waals surface area contributed by atoms with Crippen molar-refractivity contribution in [3.8, 4) is 11.5 Å². The molecular formula is C28H25O5P. The smallest absolute Gasteiger partial charge is 0.395 e. The first-order valence-corrected chi connectivity index (χ1v) is 12.5. The topological polar surface area (TPSA) is 72.8 Å². The van der Waals surface area contributed by atoms with Gasteiger partial charge in [-0.2, -0.15) is 0 Å². The molecule has 0 bridgehead atoms. The average Bonchev–Trinajstić information content (AvgIpc) is 2.84. The number of para-hydroxylation sites is 1. The van der Waals surface area contributed by atoms with Crippen molar-refractivity contribution in [2.75, 3.05) is 0 Å². The summed E-state index contributed by atoms with van der Waals surface area (Å²) >= 11 is 0. The van der Waals surface area contributed by atoms with Crippen LogP contribution in [0.1, 0.15) is 21.5 Å². The fourth-order valence-corrected chi connectivity index (χ4v) is 4.58. The van der Waals surface area contributed by atoms with E-state index in [0.29, 0.717) is 18.4 Å². The second-order valence-corrected chi connectivity index (χ2v) is 9.23. The zero-order valence-electron chi connectivity index (χ0n) is 18.5. The van der Waals surface area contributed by atoms with Gasteiger partial charge in [-0.25, -0.2) is 4.57 Å². The number of hydrogen-bond donors (Lipinski definition) is 1. The molecule has 0 heterocycles. The lowest BCUT2D eigenvalue weighted by molar-refractivity contribution is 0.0918. The average molecular weight is 472 g/mol. The minimum atomic E-state index is -4.38. The third-order valence-electron chi connectivity index (χ3n) is 5.32. The van der Waals surface area contributed by atoms with E-state index >= 15 is 0 Å². The van der Waals surface area contributed by atoms with E-state index in [1.807, 2.05) is 66.7 Å². The third kappa shape index (κ3) is 6.67. The van der Waals surface area contributed by atoms with E-state index in [2.05, 4.69) is 0 Å². The first-order chi connectivity index (χ1) is 16.5. The molecule has 1 N–H and O–H groups in total. The van der Waals surface area contributed by atoms with Gasteiger partial charge < -0.3 is 9.05 Å². The summed E-state index contributed by atoms with van der Waals surface area (Å²) in [5.74, 6) is 0.184. The van der Waals surface area contributed by atoms with E-state index in [1.165, 1.54) is 0 Å². The second-order valence-electron chi connectivity index (χ2n) is 7.93. The van der Waals surface area contributed by atoms with Gasteiger partial charge in [-0.15, -0.1) is 0 Å². The summed E-state index contributed by atoms with van der Waals surface area (Å²) in [6, 6.07) is 34.3. The largest absolute Gasteiger partial charge is 0.584 e. The summed E-state index contributed by atoms with van der Waals surface area (Å²) in [4.78, 5) is 23.5. The SMILES string of the molecule is O=C(c1ccccc1)C(Cc1ccccc1)Cc1cccc(OP(=O)(O)Oc2ccccc2)c1. The van der Waals surface area contributed by atoms with Gasteiger partial charge in [-0.1, -0.05) is 91.0 Å². The molecule has 2 atom stereocenters. The summed E-state index contributed by atoms with van der Waals surface area (Å²) < 4.78 is 22.9. The Morgan fingerprint density at radius 3 is 1.85 bits per heavy atom. The quantitative estimate of drug-likeness (QED) is 0.210. The van der Waals surface area contributed by atoms with Gasteiger partial charge in [0.2, 0.25) is 0 Å². The van der Waals surface area contributed by atoms with Crippen LogP contribution in [0.4, 0.5) is 0 Å². The zero-order chi connectivity index (χ0) is 23.8. The Balaban J connectivity index is 1.52. The Hall–Kier alpha value is -3.66. The van der Waals surface area contributed by atoms with Crippen LogP contribution in [-0.4, -0.2) is 10.7 Å². The molecule has 2 unspecified atom stereocenters. The first-order valence-electron chi connectivity index (χ1n) is 11.0. The minimum absolute atomic E-state index is 0.0519. The van der Waals surface area contributed by atoms with Crippen LogP contribution in [-0.2, 0) is 17.4 Å². The number of rotatable bonds is 10. The monoisotopic (exact) mass is 472 g/mol. The van der Waals surface area contributed by atoms with Crippen molar-refractivity contribution in [2.45, 2.75) is 12.8 Å². The van der Waals surface area contributed by atoms with Crippen LogP contribution in [0.5, 0.6) is 11.5 Å². The lowest BCUT2D eigenvalue weighted by Crippen LogP contribution is -2.20. The Labute approximate surface area is 199 Å². The molecule has 4 rings (SSSR count). The number of carbonyl (C=O) groups excluding carboxylic acids is 1. The molecule has 6 heteroatoms. The van der Waals surface area contributed by atoms with Gasteiger partial charge in [-0.05, 0) is 48.2 Å². The summed E-state index contributed by atoms with van der Waals surface area (Å²) in [6.45, 7) is 0. The molecule has 4 aromatic rings. The van der Waals surface area contributed by atoms with E-state index < -0.39 is 7.82 Å². The van der Waals surface area contributed by atoms with Crippen LogP contribution < -0.4 is 9.05 Å². The van der Waals surface area contributed by atoms with Crippen molar-refractivity contribution >= 4 is 13.6 Å². The lowest BCUT2D eigenvalue weighted by atomic mass is 9.86. The third-order valence-corrected chi connectivity index (χ3v) is 6.20. The van der Waals surface area contributed by atoms with Crippen LogP contribution in [0.15, 0.2) is 115 Å². The number of ketones is 1. The Morgan fingerprint density at radius 1 is 0.676 bits per heavy atom. The highest BCUT2D eigenvalue weighted by molar-refractivity contribution is 7.48. The van der Waals surface area contributed by atoms with E-state index in [0.717, 1.165) is 11.1 Å². The van der Waals surface area contributed by atoms with Gasteiger partial charge in [0.1, 0.15) is 11.5 Å². The molecule has 0 aliphatic heterocycles. The van der Waals surface area contributed by atoms with E-state index in [9.17, 15) is 14.3 Å². The van der Waals surface area contributed by atoms with Gasteiger partial charge in [0, 0.05) is 11.5 Å². The van der Waals surface area contributed by atoms with Gasteiger partial charge in [0.15, 0.2) is 5.78 Å². The normalized spacial score (nSPS) is 13.4. The van der Waals surface area contributed by atoms with Gasteiger partial charge in [0.25, 0.3) is 0 Å². The fourth-order valence-electron chi connectivity index (χ4n) is 3.77. The zero-order valence-corrected chi connectivity index (χ0v) is 19.4. The van der Waals surface area contributed by atoms with Crippen LogP contribution in [0, 0.1) is 5.92 Å². The summed E-state index contributed by atoms with van der Waals surface area (Å²) in [5.41, 5.74) is 2.55. The molecule has 0 spiro atoms. The summed E-state index contributed by atoms with van der Waals surface area (Å²) in [7, 11) is -4.38. The van der Waals surface area contributed by atoms with Crippen molar-refractivity contribution in [2.24, 2.45) is 5.92 Å². The van der Waals surface area contributed by atoms with Crippen LogP contribution in [0.2, 0.25) is 0 Å². The number of phosphoric acid groups is 1. The first kappa shape index (κ1) is 23.5. The summed E-state index contributed by atoms with van der Waals surface area (Å²) in [5, 5.41) is 0. The number of carbonyl (C=O) groups is 1. The van der Waals surface area contributed by atoms with Crippen molar-refractivity contribution in [3.63, 3.8) is 0 Å². The lowest BCUT2D eigenvalue weighted by Gasteiger charge is -2.18. The maximum absolute atomic E-state index is 13.3. The van der Waals surface area contributed by atoms with Crippen molar-refractivity contribution in [3.05, 3.63) is 132 Å². The molecule has 0 aliphatic rings. The minimum Gasteiger partial charge on any atom is -0.395 e. The van der Waals surface area contributed by atoms with Crippen LogP contribution in [0.25, 0.3) is 0 Å². The molecule has 172 valence electrons. The highest BCUT2D eigenvalue weighted by Gasteiger charge is 2.26. The molecule has 0 amide bonds. The number of benzene rings is 4. The second kappa shape index (κ2) is 11.0. The van der Waals surface area contributed by atoms with E-state index in [1.54, 1.807) is 48.5 Å².